The van der Waals surface area contributed by atoms with Crippen molar-refractivity contribution in [3.63, 3.8) is 0 Å². The monoisotopic (exact) mass is 500 g/mol. The van der Waals surface area contributed by atoms with Crippen molar-refractivity contribution in [3.8, 4) is 0 Å². The van der Waals surface area contributed by atoms with Gasteiger partial charge in [-0.25, -0.2) is 0 Å². The Morgan fingerprint density at radius 3 is 2.69 bits per heavy atom. The summed E-state index contributed by atoms with van der Waals surface area (Å²) in [7, 11) is 0. The smallest absolute Gasteiger partial charge is 0.309 e. The summed E-state index contributed by atoms with van der Waals surface area (Å²) in [5.74, 6) is 0.120. The summed E-state index contributed by atoms with van der Waals surface area (Å²) in [6.45, 7) is 13.8. The van der Waals surface area contributed by atoms with Crippen LogP contribution < -0.4 is 0 Å². The van der Waals surface area contributed by atoms with Gasteiger partial charge in [0.2, 0.25) is 0 Å². The molecule has 0 amide bonds. The minimum Gasteiger partial charge on any atom is -0.457 e. The number of hydrogen-bond acceptors (Lipinski definition) is 6. The second-order valence-corrected chi connectivity index (χ2v) is 11.0. The maximum Gasteiger partial charge on any atom is 0.309 e. The third kappa shape index (κ3) is 7.66. The predicted octanol–water partition coefficient (Wildman–Crippen LogP) is 5.87. The molecule has 2 bridgehead atoms. The van der Waals surface area contributed by atoms with E-state index in [-0.39, 0.29) is 30.4 Å². The maximum absolute atomic E-state index is 12.8. The molecule has 9 atom stereocenters. The van der Waals surface area contributed by atoms with Gasteiger partial charge in [0.05, 0.1) is 24.7 Å². The number of fused-ring (bicyclic) bond motifs is 2. The first-order valence-corrected chi connectivity index (χ1v) is 13.4. The lowest BCUT2D eigenvalue weighted by molar-refractivity contribution is -0.164. The quantitative estimate of drug-likeness (QED) is 0.180. The predicted molar refractivity (Wildman–Crippen MR) is 140 cm³/mol. The van der Waals surface area contributed by atoms with Gasteiger partial charge in [0.15, 0.2) is 0 Å². The molecule has 200 valence electrons. The summed E-state index contributed by atoms with van der Waals surface area (Å²) in [4.78, 5) is 24.6. The van der Waals surface area contributed by atoms with Gasteiger partial charge in [-0.3, -0.25) is 9.59 Å². The molecule has 2 saturated heterocycles. The molecule has 0 radical (unpaired) electrons. The third-order valence-corrected chi connectivity index (χ3v) is 7.50. The molecule has 3 heterocycles. The van der Waals surface area contributed by atoms with Crippen LogP contribution in [-0.2, 0) is 28.5 Å². The number of rotatable bonds is 8. The minimum atomic E-state index is -0.647. The van der Waals surface area contributed by atoms with Gasteiger partial charge in [0.25, 0.3) is 0 Å². The number of hydrogen-bond donors (Lipinski definition) is 0. The van der Waals surface area contributed by atoms with E-state index in [1.54, 1.807) is 0 Å². The number of ether oxygens (including phenoxy) is 4. The first-order chi connectivity index (χ1) is 17.0. The lowest BCUT2D eigenvalue weighted by atomic mass is 9.91. The van der Waals surface area contributed by atoms with Crippen LogP contribution in [0.2, 0.25) is 0 Å². The van der Waals surface area contributed by atoms with E-state index in [2.05, 4.69) is 38.2 Å². The van der Waals surface area contributed by atoms with Gasteiger partial charge in [0.1, 0.15) is 17.8 Å². The fraction of sp³-hybridized carbons (Fsp3) is 0.667. The van der Waals surface area contributed by atoms with E-state index in [1.165, 1.54) is 6.92 Å². The summed E-state index contributed by atoms with van der Waals surface area (Å²) in [5.41, 5.74) is 0.317. The third-order valence-electron chi connectivity index (χ3n) is 7.50. The fourth-order valence-electron chi connectivity index (χ4n) is 5.37. The van der Waals surface area contributed by atoms with Crippen molar-refractivity contribution in [3.05, 3.63) is 48.1 Å². The van der Waals surface area contributed by atoms with Crippen LogP contribution in [0.1, 0.15) is 74.1 Å². The van der Waals surface area contributed by atoms with E-state index in [9.17, 15) is 9.59 Å². The zero-order valence-corrected chi connectivity index (χ0v) is 22.9. The van der Waals surface area contributed by atoms with Gasteiger partial charge in [-0.1, -0.05) is 57.2 Å². The van der Waals surface area contributed by atoms with Gasteiger partial charge in [-0.15, -0.1) is 0 Å². The molecule has 0 aromatic carbocycles. The lowest BCUT2D eigenvalue weighted by Gasteiger charge is -2.31. The van der Waals surface area contributed by atoms with E-state index < -0.39 is 17.8 Å². The highest BCUT2D eigenvalue weighted by Gasteiger charge is 2.45. The van der Waals surface area contributed by atoms with Crippen LogP contribution in [-0.4, -0.2) is 48.1 Å². The number of carbonyl (C=O) groups excluding carboxylic acids is 2. The molecular weight excluding hydrogens is 456 g/mol. The first kappa shape index (κ1) is 28.4. The Kier molecular flexibility index (Phi) is 9.76. The number of epoxide rings is 1. The molecule has 2 fully saturated rings. The van der Waals surface area contributed by atoms with E-state index in [4.69, 9.17) is 18.9 Å². The average Bonchev–Trinajstić information content (AvgIpc) is 3.46. The van der Waals surface area contributed by atoms with Crippen LogP contribution in [0.25, 0.3) is 0 Å². The van der Waals surface area contributed by atoms with Crippen molar-refractivity contribution in [1.29, 1.82) is 0 Å². The van der Waals surface area contributed by atoms with Crippen LogP contribution in [0, 0.1) is 17.8 Å². The minimum absolute atomic E-state index is 0.0944. The molecule has 0 N–H and O–H groups in total. The van der Waals surface area contributed by atoms with Crippen LogP contribution in [0.15, 0.2) is 48.1 Å². The van der Waals surface area contributed by atoms with Crippen molar-refractivity contribution in [2.75, 3.05) is 0 Å². The number of carbonyl (C=O) groups is 2. The zero-order valence-electron chi connectivity index (χ0n) is 22.9. The highest BCUT2D eigenvalue weighted by Crippen LogP contribution is 2.38. The summed E-state index contributed by atoms with van der Waals surface area (Å²) < 4.78 is 23.6. The number of allylic oxidation sites excluding steroid dienone is 4. The topological polar surface area (TPSA) is 74.4 Å². The van der Waals surface area contributed by atoms with E-state index >= 15 is 0 Å². The molecule has 3 rings (SSSR count). The Hall–Kier alpha value is -2.18. The van der Waals surface area contributed by atoms with Crippen molar-refractivity contribution in [1.82, 2.24) is 0 Å². The van der Waals surface area contributed by atoms with Crippen molar-refractivity contribution in [2.24, 2.45) is 17.8 Å². The van der Waals surface area contributed by atoms with Gasteiger partial charge >= 0.3 is 11.9 Å². The number of esters is 2. The number of cyclic esters (lactones) is 1. The molecule has 0 aliphatic carbocycles. The fourth-order valence-corrected chi connectivity index (χ4v) is 5.37. The summed E-state index contributed by atoms with van der Waals surface area (Å²) >= 11 is 0. The molecule has 6 heteroatoms. The van der Waals surface area contributed by atoms with Crippen LogP contribution in [0.5, 0.6) is 0 Å². The highest BCUT2D eigenvalue weighted by molar-refractivity contribution is 5.70. The molecule has 36 heavy (non-hydrogen) atoms. The summed E-state index contributed by atoms with van der Waals surface area (Å²) in [6, 6.07) is 0. The average molecular weight is 501 g/mol. The van der Waals surface area contributed by atoms with E-state index in [0.29, 0.717) is 30.5 Å². The van der Waals surface area contributed by atoms with Crippen molar-refractivity contribution >= 4 is 11.9 Å². The molecule has 0 saturated carbocycles. The maximum atomic E-state index is 12.8. The molecule has 3 aliphatic rings. The summed E-state index contributed by atoms with van der Waals surface area (Å²) in [6.07, 6.45) is 16.5. The Balaban J connectivity index is 1.68. The van der Waals surface area contributed by atoms with Gasteiger partial charge in [0, 0.05) is 18.8 Å². The Bertz CT molecular complexity index is 901. The van der Waals surface area contributed by atoms with Crippen molar-refractivity contribution in [2.45, 2.75) is 110 Å². The van der Waals surface area contributed by atoms with Crippen LogP contribution in [0.3, 0.4) is 0 Å². The van der Waals surface area contributed by atoms with E-state index in [0.717, 1.165) is 18.4 Å². The molecule has 0 spiro atoms. The molecule has 9 unspecified atom stereocenters. The van der Waals surface area contributed by atoms with Crippen molar-refractivity contribution < 1.29 is 28.5 Å². The zero-order chi connectivity index (χ0) is 26.5. The molecule has 3 aliphatic heterocycles. The second-order valence-electron chi connectivity index (χ2n) is 11.0. The normalized spacial score (nSPS) is 37.0. The Morgan fingerprint density at radius 2 is 2.00 bits per heavy atom. The van der Waals surface area contributed by atoms with Gasteiger partial charge in [-0.2, -0.15) is 0 Å². The van der Waals surface area contributed by atoms with Gasteiger partial charge < -0.3 is 18.9 Å². The highest BCUT2D eigenvalue weighted by atomic mass is 16.6. The summed E-state index contributed by atoms with van der Waals surface area (Å²) in [5, 5.41) is 0. The molecular formula is C30H44O6. The molecule has 0 aromatic rings. The second kappa shape index (κ2) is 12.4. The molecule has 6 nitrogen and oxygen atoms in total. The van der Waals surface area contributed by atoms with Gasteiger partial charge in [-0.05, 0) is 57.6 Å². The largest absolute Gasteiger partial charge is 0.457 e. The Labute approximate surface area is 216 Å². The van der Waals surface area contributed by atoms with Crippen LogP contribution in [0.4, 0.5) is 0 Å². The lowest BCUT2D eigenvalue weighted by Crippen LogP contribution is -2.41. The first-order valence-electron chi connectivity index (χ1n) is 13.4. The van der Waals surface area contributed by atoms with E-state index in [1.807, 2.05) is 45.9 Å². The standard InChI is InChI=1S/C30H44O6/c1-8-10-20(3)29-25(34-29)17-19(2)11-9-12-21(4)28-22(5)13-14-26(33-23(6)31)30(7)16-15-24(36-30)18-27(32)35-28/h8-14,19-20,22,24-26,28-29H,15-18H2,1-7H3. The molecule has 0 aromatic heterocycles. The van der Waals surface area contributed by atoms with Crippen LogP contribution >= 0.6 is 0 Å². The Morgan fingerprint density at radius 1 is 1.25 bits per heavy atom. The SMILES string of the molecule is CC=CC(C)C1OC1CC(C)C=CC=C(C)C1OC(=O)CC2CCC(C)(O2)C(OC(C)=O)C=CC1C.